The van der Waals surface area contributed by atoms with Crippen LogP contribution in [0.4, 0.5) is 4.79 Å². The number of amides is 3. The molecule has 2 aliphatic carbocycles. The van der Waals surface area contributed by atoms with Gasteiger partial charge in [-0.25, -0.2) is 9.78 Å². The van der Waals surface area contributed by atoms with Crippen molar-refractivity contribution >= 4 is 23.3 Å². The second-order valence-electron chi connectivity index (χ2n) is 7.24. The van der Waals surface area contributed by atoms with Crippen molar-refractivity contribution in [3.63, 3.8) is 0 Å². The number of nitrogens with one attached hydrogen (secondary N) is 1. The topological polar surface area (TPSA) is 65.5 Å². The average molecular weight is 348 g/mol. The maximum Gasteiger partial charge on any atom is 0.317 e. The first-order valence-electron chi connectivity index (χ1n) is 8.87. The predicted octanol–water partition coefficient (Wildman–Crippen LogP) is 2.03. The molecule has 3 amide bonds. The fourth-order valence-corrected chi connectivity index (χ4v) is 4.22. The van der Waals surface area contributed by atoms with E-state index in [-0.39, 0.29) is 17.9 Å². The van der Waals surface area contributed by atoms with Gasteiger partial charge in [0.05, 0.1) is 17.2 Å². The summed E-state index contributed by atoms with van der Waals surface area (Å²) in [5, 5.41) is 6.21. The van der Waals surface area contributed by atoms with Gasteiger partial charge in [-0.15, -0.1) is 11.3 Å². The number of carbonyl (C=O) groups excluding carboxylic acids is 2. The third kappa shape index (κ3) is 3.41. The monoisotopic (exact) mass is 348 g/mol. The third-order valence-corrected chi connectivity index (χ3v) is 6.28. The number of thiazole rings is 1. The molecule has 1 aliphatic heterocycles. The number of carbonyl (C=O) groups is 2. The lowest BCUT2D eigenvalue weighted by Crippen LogP contribution is -2.53. The molecule has 6 nitrogen and oxygen atoms in total. The number of hydrogen-bond acceptors (Lipinski definition) is 4. The zero-order valence-corrected chi connectivity index (χ0v) is 14.8. The Kier molecular flexibility index (Phi) is 4.20. The van der Waals surface area contributed by atoms with E-state index in [0.717, 1.165) is 12.1 Å². The highest BCUT2D eigenvalue weighted by Crippen LogP contribution is 2.41. The number of hydrogen-bond donors (Lipinski definition) is 1. The molecule has 1 aromatic rings. The van der Waals surface area contributed by atoms with E-state index in [2.05, 4.69) is 17.2 Å². The van der Waals surface area contributed by atoms with Crippen molar-refractivity contribution in [3.05, 3.63) is 16.1 Å². The molecule has 1 aromatic heterocycles. The van der Waals surface area contributed by atoms with Crippen LogP contribution < -0.4 is 5.32 Å². The van der Waals surface area contributed by atoms with Gasteiger partial charge < -0.3 is 15.1 Å². The number of piperazine rings is 1. The van der Waals surface area contributed by atoms with Gasteiger partial charge in [0.1, 0.15) is 0 Å². The second kappa shape index (κ2) is 6.35. The summed E-state index contributed by atoms with van der Waals surface area (Å²) in [6, 6.07) is -0.0529. The lowest BCUT2D eigenvalue weighted by Gasteiger charge is -2.34. The molecule has 2 heterocycles. The predicted molar refractivity (Wildman–Crippen MR) is 91.7 cm³/mol. The van der Waals surface area contributed by atoms with E-state index in [9.17, 15) is 9.59 Å². The van der Waals surface area contributed by atoms with Crippen LogP contribution in [0.15, 0.2) is 5.38 Å². The van der Waals surface area contributed by atoms with Gasteiger partial charge in [-0.1, -0.05) is 6.92 Å². The second-order valence-corrected chi connectivity index (χ2v) is 8.13. The van der Waals surface area contributed by atoms with Gasteiger partial charge in [-0.2, -0.15) is 0 Å². The van der Waals surface area contributed by atoms with E-state index in [4.69, 9.17) is 0 Å². The Labute approximate surface area is 146 Å². The minimum atomic E-state index is -0.0529. The van der Waals surface area contributed by atoms with Crippen LogP contribution in [0, 0.1) is 11.8 Å². The van der Waals surface area contributed by atoms with Gasteiger partial charge in [0.25, 0.3) is 0 Å². The van der Waals surface area contributed by atoms with Gasteiger partial charge in [0, 0.05) is 43.4 Å². The maximum atomic E-state index is 12.3. The average Bonchev–Trinajstić information content (AvgIpc) is 3.52. The Hall–Kier alpha value is -1.63. The zero-order chi connectivity index (χ0) is 16.7. The molecule has 1 N–H and O–H groups in total. The van der Waals surface area contributed by atoms with Crippen LogP contribution in [-0.2, 0) is 11.3 Å². The Morgan fingerprint density at radius 3 is 2.54 bits per heavy atom. The molecule has 1 saturated heterocycles. The first-order valence-corrected chi connectivity index (χ1v) is 9.75. The molecule has 0 radical (unpaired) electrons. The molecule has 3 aliphatic rings. The molecular formula is C17H24N4O2S. The number of aromatic nitrogens is 1. The van der Waals surface area contributed by atoms with Crippen molar-refractivity contribution in [3.8, 4) is 0 Å². The highest BCUT2D eigenvalue weighted by atomic mass is 32.1. The van der Waals surface area contributed by atoms with Crippen molar-refractivity contribution in [2.75, 3.05) is 26.2 Å². The molecule has 130 valence electrons. The minimum Gasteiger partial charge on any atom is -0.339 e. The van der Waals surface area contributed by atoms with E-state index >= 15 is 0 Å². The summed E-state index contributed by atoms with van der Waals surface area (Å²) in [5.74, 6) is 1.71. The van der Waals surface area contributed by atoms with Crippen LogP contribution in [0.1, 0.15) is 42.8 Å². The third-order valence-electron chi connectivity index (χ3n) is 5.22. The first kappa shape index (κ1) is 15.9. The number of urea groups is 1. The van der Waals surface area contributed by atoms with E-state index < -0.39 is 0 Å². The minimum absolute atomic E-state index is 0.0529. The standard InChI is InChI=1S/C17H24N4O2S/c1-11-8-14(11)16(22)20-4-6-21(7-5-20)17(23)18-9-13-10-24-15(19-13)12-2-3-12/h10-12,14H,2-9H2,1H3,(H,18,23)/t11-,14+/m1/s1. The fourth-order valence-electron chi connectivity index (χ4n) is 3.23. The highest BCUT2D eigenvalue weighted by molar-refractivity contribution is 7.09. The lowest BCUT2D eigenvalue weighted by molar-refractivity contribution is -0.134. The van der Waals surface area contributed by atoms with Gasteiger partial charge in [0.2, 0.25) is 5.91 Å². The van der Waals surface area contributed by atoms with E-state index in [1.54, 1.807) is 16.2 Å². The molecule has 4 rings (SSSR count). The summed E-state index contributed by atoms with van der Waals surface area (Å²) >= 11 is 1.70. The van der Waals surface area contributed by atoms with Crippen molar-refractivity contribution in [1.82, 2.24) is 20.1 Å². The molecule has 3 fully saturated rings. The van der Waals surface area contributed by atoms with E-state index in [0.29, 0.717) is 44.6 Å². The van der Waals surface area contributed by atoms with Crippen molar-refractivity contribution < 1.29 is 9.59 Å². The summed E-state index contributed by atoms with van der Waals surface area (Å²) in [7, 11) is 0. The van der Waals surface area contributed by atoms with Gasteiger partial charge in [0.15, 0.2) is 0 Å². The quantitative estimate of drug-likeness (QED) is 0.905. The summed E-state index contributed by atoms with van der Waals surface area (Å²) in [5.41, 5.74) is 0.951. The van der Waals surface area contributed by atoms with Crippen LogP contribution in [-0.4, -0.2) is 52.9 Å². The zero-order valence-electron chi connectivity index (χ0n) is 14.0. The Bertz CT molecular complexity index is 634. The van der Waals surface area contributed by atoms with Crippen LogP contribution in [0.2, 0.25) is 0 Å². The summed E-state index contributed by atoms with van der Waals surface area (Å²) in [6.07, 6.45) is 3.53. The molecule has 7 heteroatoms. The maximum absolute atomic E-state index is 12.3. The molecule has 0 unspecified atom stereocenters. The summed E-state index contributed by atoms with van der Waals surface area (Å²) in [6.45, 7) is 5.14. The first-order chi connectivity index (χ1) is 11.6. The van der Waals surface area contributed by atoms with Crippen LogP contribution in [0.25, 0.3) is 0 Å². The van der Waals surface area contributed by atoms with Gasteiger partial charge in [-0.05, 0) is 25.2 Å². The number of nitrogens with zero attached hydrogens (tertiary/aromatic N) is 3. The Balaban J connectivity index is 1.21. The van der Waals surface area contributed by atoms with E-state index in [1.165, 1.54) is 17.8 Å². The largest absolute Gasteiger partial charge is 0.339 e. The smallest absolute Gasteiger partial charge is 0.317 e. The van der Waals surface area contributed by atoms with Crippen LogP contribution in [0.5, 0.6) is 0 Å². The summed E-state index contributed by atoms with van der Waals surface area (Å²) in [4.78, 5) is 32.8. The molecule has 0 spiro atoms. The Morgan fingerprint density at radius 2 is 1.92 bits per heavy atom. The highest BCUT2D eigenvalue weighted by Gasteiger charge is 2.42. The fraction of sp³-hybridized carbons (Fsp3) is 0.706. The van der Waals surface area contributed by atoms with Gasteiger partial charge >= 0.3 is 6.03 Å². The molecule has 2 atom stereocenters. The van der Waals surface area contributed by atoms with Gasteiger partial charge in [-0.3, -0.25) is 4.79 Å². The van der Waals surface area contributed by atoms with E-state index in [1.807, 2.05) is 10.3 Å². The molecule has 0 aromatic carbocycles. The van der Waals surface area contributed by atoms with Crippen LogP contribution in [0.3, 0.4) is 0 Å². The SMILES string of the molecule is C[C@@H]1C[C@@H]1C(=O)N1CCN(C(=O)NCc2csc(C3CC3)n2)CC1. The summed E-state index contributed by atoms with van der Waals surface area (Å²) < 4.78 is 0. The van der Waals surface area contributed by atoms with Crippen molar-refractivity contribution in [1.29, 1.82) is 0 Å². The normalized spacial score (nSPS) is 26.4. The molecule has 24 heavy (non-hydrogen) atoms. The van der Waals surface area contributed by atoms with Crippen molar-refractivity contribution in [2.24, 2.45) is 11.8 Å². The molecular weight excluding hydrogens is 324 g/mol. The molecule has 2 saturated carbocycles. The van der Waals surface area contributed by atoms with Crippen molar-refractivity contribution in [2.45, 2.75) is 38.6 Å². The molecule has 0 bridgehead atoms. The van der Waals surface area contributed by atoms with Crippen LogP contribution >= 0.6 is 11.3 Å². The Morgan fingerprint density at radius 1 is 1.25 bits per heavy atom. The lowest BCUT2D eigenvalue weighted by atomic mass is 10.2. The number of rotatable bonds is 4.